The summed E-state index contributed by atoms with van der Waals surface area (Å²) in [4.78, 5) is 18.8. The van der Waals surface area contributed by atoms with Crippen LogP contribution in [0, 0.1) is 0 Å². The predicted octanol–water partition coefficient (Wildman–Crippen LogP) is 3.34. The van der Waals surface area contributed by atoms with Crippen molar-refractivity contribution in [2.75, 3.05) is 13.7 Å². The number of amides is 1. The molecule has 6 heteroatoms. The SMILES string of the molecule is CCN(Cc1nc(-c2ccccc2)no1)C(=O)Cc1ccccc1OC. The summed E-state index contributed by atoms with van der Waals surface area (Å²) in [6, 6.07) is 17.1. The van der Waals surface area contributed by atoms with E-state index in [-0.39, 0.29) is 18.9 Å². The van der Waals surface area contributed by atoms with Crippen LogP contribution in [0.15, 0.2) is 59.1 Å². The van der Waals surface area contributed by atoms with Crippen LogP contribution in [-0.4, -0.2) is 34.6 Å². The number of ether oxygens (including phenoxy) is 1. The topological polar surface area (TPSA) is 68.5 Å². The third-order valence-electron chi connectivity index (χ3n) is 4.09. The molecule has 1 heterocycles. The summed E-state index contributed by atoms with van der Waals surface area (Å²) in [5.74, 6) is 1.63. The molecule has 1 aromatic heterocycles. The Morgan fingerprint density at radius 3 is 2.58 bits per heavy atom. The van der Waals surface area contributed by atoms with Crippen LogP contribution in [-0.2, 0) is 17.8 Å². The van der Waals surface area contributed by atoms with Crippen LogP contribution in [0.1, 0.15) is 18.4 Å². The Labute approximate surface area is 152 Å². The maximum absolute atomic E-state index is 12.7. The fraction of sp³-hybridized carbons (Fsp3) is 0.250. The quantitative estimate of drug-likeness (QED) is 0.653. The molecule has 6 nitrogen and oxygen atoms in total. The van der Waals surface area contributed by atoms with Crippen molar-refractivity contribution in [1.29, 1.82) is 0 Å². The number of nitrogens with zero attached hydrogens (tertiary/aromatic N) is 3. The zero-order valence-electron chi connectivity index (χ0n) is 14.9. The van der Waals surface area contributed by atoms with Gasteiger partial charge >= 0.3 is 0 Å². The standard InChI is InChI=1S/C20H21N3O3/c1-3-23(19(24)13-16-11-7-8-12-17(16)25-2)14-18-21-20(22-26-18)15-9-5-4-6-10-15/h4-12H,3,13-14H2,1-2H3. The number of carbonyl (C=O) groups is 1. The maximum atomic E-state index is 12.7. The first-order valence-corrected chi connectivity index (χ1v) is 8.49. The molecule has 0 atom stereocenters. The van der Waals surface area contributed by atoms with Crippen molar-refractivity contribution in [1.82, 2.24) is 15.0 Å². The second-order valence-corrected chi connectivity index (χ2v) is 5.77. The molecule has 3 rings (SSSR count). The zero-order chi connectivity index (χ0) is 18.4. The zero-order valence-corrected chi connectivity index (χ0v) is 14.9. The number of rotatable bonds is 7. The maximum Gasteiger partial charge on any atom is 0.246 e. The lowest BCUT2D eigenvalue weighted by atomic mass is 10.1. The van der Waals surface area contributed by atoms with E-state index in [9.17, 15) is 4.79 Å². The number of aromatic nitrogens is 2. The van der Waals surface area contributed by atoms with Gasteiger partial charge in [0.1, 0.15) is 5.75 Å². The van der Waals surface area contributed by atoms with Gasteiger partial charge in [-0.05, 0) is 13.0 Å². The van der Waals surface area contributed by atoms with E-state index in [1.54, 1.807) is 12.0 Å². The van der Waals surface area contributed by atoms with E-state index >= 15 is 0 Å². The van der Waals surface area contributed by atoms with Gasteiger partial charge in [0, 0.05) is 17.7 Å². The normalized spacial score (nSPS) is 10.5. The summed E-state index contributed by atoms with van der Waals surface area (Å²) in [5.41, 5.74) is 1.74. The van der Waals surface area contributed by atoms with Crippen LogP contribution in [0.5, 0.6) is 5.75 Å². The number of likely N-dealkylation sites (N-methyl/N-ethyl adjacent to an activating group) is 1. The lowest BCUT2D eigenvalue weighted by Gasteiger charge is -2.19. The van der Waals surface area contributed by atoms with Crippen molar-refractivity contribution in [3.63, 3.8) is 0 Å². The van der Waals surface area contributed by atoms with Crippen molar-refractivity contribution in [3.8, 4) is 17.1 Å². The van der Waals surface area contributed by atoms with E-state index in [4.69, 9.17) is 9.26 Å². The van der Waals surface area contributed by atoms with E-state index in [0.717, 1.165) is 11.1 Å². The minimum atomic E-state index is -0.0172. The Morgan fingerprint density at radius 1 is 1.12 bits per heavy atom. The monoisotopic (exact) mass is 351 g/mol. The first kappa shape index (κ1) is 17.7. The molecule has 0 saturated carbocycles. The van der Waals surface area contributed by atoms with Crippen LogP contribution in [0.4, 0.5) is 0 Å². The molecule has 0 spiro atoms. The largest absolute Gasteiger partial charge is 0.496 e. The molecular weight excluding hydrogens is 330 g/mol. The lowest BCUT2D eigenvalue weighted by molar-refractivity contribution is -0.131. The van der Waals surface area contributed by atoms with Gasteiger partial charge in [0.25, 0.3) is 0 Å². The summed E-state index contributed by atoms with van der Waals surface area (Å²) in [7, 11) is 1.60. The molecule has 0 bridgehead atoms. The van der Waals surface area contributed by atoms with Crippen molar-refractivity contribution in [2.24, 2.45) is 0 Å². The van der Waals surface area contributed by atoms with E-state index in [0.29, 0.717) is 24.0 Å². The van der Waals surface area contributed by atoms with Crippen molar-refractivity contribution in [3.05, 3.63) is 66.1 Å². The fourth-order valence-corrected chi connectivity index (χ4v) is 2.69. The highest BCUT2D eigenvalue weighted by atomic mass is 16.5. The number of carbonyl (C=O) groups excluding carboxylic acids is 1. The number of benzene rings is 2. The summed E-state index contributed by atoms with van der Waals surface area (Å²) < 4.78 is 10.6. The second kappa shape index (κ2) is 8.29. The number of methoxy groups -OCH3 is 1. The highest BCUT2D eigenvalue weighted by molar-refractivity contribution is 5.79. The molecule has 1 amide bonds. The van der Waals surface area contributed by atoms with Crippen LogP contribution in [0.25, 0.3) is 11.4 Å². The molecule has 0 radical (unpaired) electrons. The van der Waals surface area contributed by atoms with Gasteiger partial charge in [-0.25, -0.2) is 0 Å². The van der Waals surface area contributed by atoms with Gasteiger partial charge in [-0.2, -0.15) is 4.98 Å². The average Bonchev–Trinajstić information content (AvgIpc) is 3.16. The molecule has 26 heavy (non-hydrogen) atoms. The smallest absolute Gasteiger partial charge is 0.246 e. The number of para-hydroxylation sites is 1. The van der Waals surface area contributed by atoms with Crippen LogP contribution >= 0.6 is 0 Å². The van der Waals surface area contributed by atoms with Gasteiger partial charge in [0.05, 0.1) is 20.1 Å². The molecule has 0 N–H and O–H groups in total. The Balaban J connectivity index is 1.69. The summed E-state index contributed by atoms with van der Waals surface area (Å²) in [5, 5.41) is 4.00. The number of hydrogen-bond donors (Lipinski definition) is 0. The van der Waals surface area contributed by atoms with Gasteiger partial charge in [-0.3, -0.25) is 4.79 Å². The second-order valence-electron chi connectivity index (χ2n) is 5.77. The first-order valence-electron chi connectivity index (χ1n) is 8.49. The van der Waals surface area contributed by atoms with Gasteiger partial charge in [-0.15, -0.1) is 0 Å². The summed E-state index contributed by atoms with van der Waals surface area (Å²) >= 11 is 0. The van der Waals surface area contributed by atoms with E-state index in [1.807, 2.05) is 61.5 Å². The number of hydrogen-bond acceptors (Lipinski definition) is 5. The molecule has 0 aliphatic heterocycles. The van der Waals surface area contributed by atoms with Crippen molar-refractivity contribution >= 4 is 5.91 Å². The summed E-state index contributed by atoms with van der Waals surface area (Å²) in [6.45, 7) is 2.76. The van der Waals surface area contributed by atoms with Crippen LogP contribution in [0.2, 0.25) is 0 Å². The van der Waals surface area contributed by atoms with E-state index in [2.05, 4.69) is 10.1 Å². The predicted molar refractivity (Wildman–Crippen MR) is 97.5 cm³/mol. The third-order valence-corrected chi connectivity index (χ3v) is 4.09. The first-order chi connectivity index (χ1) is 12.7. The minimum Gasteiger partial charge on any atom is -0.496 e. The van der Waals surface area contributed by atoms with Gasteiger partial charge in [-0.1, -0.05) is 53.7 Å². The van der Waals surface area contributed by atoms with Crippen LogP contribution in [0.3, 0.4) is 0 Å². The Hall–Kier alpha value is -3.15. The highest BCUT2D eigenvalue weighted by Crippen LogP contribution is 2.19. The average molecular weight is 351 g/mol. The molecule has 0 aliphatic carbocycles. The molecule has 0 aliphatic rings. The van der Waals surface area contributed by atoms with Crippen LogP contribution < -0.4 is 4.74 Å². The molecule has 0 saturated heterocycles. The molecular formula is C20H21N3O3. The van der Waals surface area contributed by atoms with Crippen molar-refractivity contribution in [2.45, 2.75) is 19.9 Å². The van der Waals surface area contributed by atoms with E-state index in [1.165, 1.54) is 0 Å². The molecule has 3 aromatic rings. The third kappa shape index (κ3) is 4.08. The van der Waals surface area contributed by atoms with Crippen molar-refractivity contribution < 1.29 is 14.1 Å². The highest BCUT2D eigenvalue weighted by Gasteiger charge is 2.18. The van der Waals surface area contributed by atoms with Gasteiger partial charge in [0.15, 0.2) is 0 Å². The minimum absolute atomic E-state index is 0.0172. The molecule has 0 unspecified atom stereocenters. The Kier molecular flexibility index (Phi) is 5.63. The molecule has 2 aromatic carbocycles. The Morgan fingerprint density at radius 2 is 1.85 bits per heavy atom. The fourth-order valence-electron chi connectivity index (χ4n) is 2.69. The lowest BCUT2D eigenvalue weighted by Crippen LogP contribution is -2.31. The molecule has 0 fully saturated rings. The summed E-state index contributed by atoms with van der Waals surface area (Å²) in [6.07, 6.45) is 0.261. The van der Waals surface area contributed by atoms with E-state index < -0.39 is 0 Å². The molecule has 134 valence electrons. The van der Waals surface area contributed by atoms with Gasteiger partial charge in [0.2, 0.25) is 17.6 Å². The Bertz CT molecular complexity index is 862. The van der Waals surface area contributed by atoms with Gasteiger partial charge < -0.3 is 14.2 Å².